The van der Waals surface area contributed by atoms with E-state index >= 15 is 0 Å². The number of benzene rings is 2. The van der Waals surface area contributed by atoms with Gasteiger partial charge in [0.1, 0.15) is 0 Å². The van der Waals surface area contributed by atoms with E-state index in [0.29, 0.717) is 11.1 Å². The molecular formula is C30H27NO2S. The summed E-state index contributed by atoms with van der Waals surface area (Å²) in [6.07, 6.45) is 7.68. The monoisotopic (exact) mass is 465 g/mol. The molecule has 34 heavy (non-hydrogen) atoms. The molecule has 5 rings (SSSR count). The van der Waals surface area contributed by atoms with E-state index in [9.17, 15) is 9.59 Å². The first kappa shape index (κ1) is 22.3. The molecule has 0 fully saturated rings. The van der Waals surface area contributed by atoms with Gasteiger partial charge in [0.25, 0.3) is 0 Å². The summed E-state index contributed by atoms with van der Waals surface area (Å²) in [5.74, 6) is -0.393. The second-order valence-electron chi connectivity index (χ2n) is 9.26. The Bertz CT molecular complexity index is 1400. The number of ketones is 2. The summed E-state index contributed by atoms with van der Waals surface area (Å²) < 4.78 is 0. The fourth-order valence-electron chi connectivity index (χ4n) is 5.15. The van der Waals surface area contributed by atoms with Gasteiger partial charge in [-0.05, 0) is 49.3 Å². The number of aryl methyl sites for hydroxylation is 1. The normalized spacial score (nSPS) is 19.0. The molecule has 0 N–H and O–H groups in total. The Balaban J connectivity index is 1.47. The molecule has 3 nitrogen and oxygen atoms in total. The zero-order chi connectivity index (χ0) is 24.0. The van der Waals surface area contributed by atoms with Crippen molar-refractivity contribution >= 4 is 40.7 Å². The van der Waals surface area contributed by atoms with Crippen molar-refractivity contribution in [2.45, 2.75) is 33.1 Å². The Kier molecular flexibility index (Phi) is 5.49. The SMILES string of the molecule is CCN1/C(=C/C=C2\C(=O)c3ccc(/C=C/c4ccccc4)cc3C2=O)C(C)(C)c2c1csc2C. The van der Waals surface area contributed by atoms with Crippen LogP contribution in [0.5, 0.6) is 0 Å². The van der Waals surface area contributed by atoms with Gasteiger partial charge in [0.15, 0.2) is 11.6 Å². The highest BCUT2D eigenvalue weighted by Crippen LogP contribution is 2.51. The zero-order valence-corrected chi connectivity index (χ0v) is 20.7. The molecule has 2 heterocycles. The average molecular weight is 466 g/mol. The van der Waals surface area contributed by atoms with Crippen molar-refractivity contribution in [3.63, 3.8) is 0 Å². The molecule has 1 aliphatic heterocycles. The maximum absolute atomic E-state index is 13.2. The number of nitrogens with zero attached hydrogens (tertiary/aromatic N) is 1. The molecule has 2 aliphatic rings. The molecule has 0 amide bonds. The minimum Gasteiger partial charge on any atom is -0.344 e. The second-order valence-corrected chi connectivity index (χ2v) is 10.3. The Morgan fingerprint density at radius 1 is 0.912 bits per heavy atom. The number of fused-ring (bicyclic) bond motifs is 2. The standard InChI is InChI=1S/C30H27NO2S/c1-5-31-25-18-34-19(2)27(25)30(3,4)26(31)16-15-23-28(32)22-14-13-21(17-24(22)29(23)33)12-11-20-9-7-6-8-10-20/h6-18H,5H2,1-4H3/b12-11+,23-15+,26-16+. The van der Waals surface area contributed by atoms with E-state index in [0.717, 1.165) is 23.4 Å². The van der Waals surface area contributed by atoms with Gasteiger partial charge in [-0.3, -0.25) is 9.59 Å². The van der Waals surface area contributed by atoms with E-state index in [4.69, 9.17) is 0 Å². The van der Waals surface area contributed by atoms with Gasteiger partial charge >= 0.3 is 0 Å². The predicted octanol–water partition coefficient (Wildman–Crippen LogP) is 7.23. The molecule has 3 aromatic rings. The van der Waals surface area contributed by atoms with Crippen molar-refractivity contribution < 1.29 is 9.59 Å². The van der Waals surface area contributed by atoms with Gasteiger partial charge < -0.3 is 4.90 Å². The van der Waals surface area contributed by atoms with E-state index in [1.807, 2.05) is 60.7 Å². The summed E-state index contributed by atoms with van der Waals surface area (Å²) in [6, 6.07) is 15.5. The van der Waals surface area contributed by atoms with Crippen LogP contribution in [-0.2, 0) is 5.41 Å². The van der Waals surface area contributed by atoms with E-state index in [1.54, 1.807) is 23.5 Å². The number of hydrogen-bond acceptors (Lipinski definition) is 4. The molecule has 0 atom stereocenters. The minimum absolute atomic E-state index is 0.181. The van der Waals surface area contributed by atoms with E-state index in [-0.39, 0.29) is 22.6 Å². The van der Waals surface area contributed by atoms with Crippen molar-refractivity contribution in [1.82, 2.24) is 0 Å². The van der Waals surface area contributed by atoms with E-state index in [2.05, 4.69) is 38.0 Å². The molecule has 1 aromatic heterocycles. The van der Waals surface area contributed by atoms with Crippen LogP contribution in [0.15, 0.2) is 77.3 Å². The van der Waals surface area contributed by atoms with E-state index in [1.165, 1.54) is 16.1 Å². The maximum atomic E-state index is 13.2. The summed E-state index contributed by atoms with van der Waals surface area (Å²) in [6.45, 7) is 9.55. The number of hydrogen-bond donors (Lipinski definition) is 0. The van der Waals surface area contributed by atoms with Crippen LogP contribution in [0.4, 0.5) is 5.69 Å². The molecule has 0 unspecified atom stereocenters. The van der Waals surface area contributed by atoms with Gasteiger partial charge in [0.2, 0.25) is 0 Å². The Hall–Kier alpha value is -3.50. The Morgan fingerprint density at radius 2 is 1.62 bits per heavy atom. The van der Waals surface area contributed by atoms with Crippen LogP contribution in [0.3, 0.4) is 0 Å². The van der Waals surface area contributed by atoms with Gasteiger partial charge in [0, 0.05) is 44.6 Å². The highest BCUT2D eigenvalue weighted by atomic mass is 32.1. The van der Waals surface area contributed by atoms with Gasteiger partial charge in [-0.2, -0.15) is 0 Å². The largest absolute Gasteiger partial charge is 0.344 e. The van der Waals surface area contributed by atoms with Crippen LogP contribution >= 0.6 is 11.3 Å². The zero-order valence-electron chi connectivity index (χ0n) is 19.9. The van der Waals surface area contributed by atoms with Crippen molar-refractivity contribution in [1.29, 1.82) is 0 Å². The van der Waals surface area contributed by atoms with Gasteiger partial charge in [0.05, 0.1) is 11.3 Å². The lowest BCUT2D eigenvalue weighted by molar-refractivity contribution is 0.0988. The molecule has 4 heteroatoms. The Labute approximate surface area is 204 Å². The molecule has 1 aliphatic carbocycles. The third-order valence-corrected chi connectivity index (χ3v) is 7.72. The number of carbonyl (C=O) groups excluding carboxylic acids is 2. The summed E-state index contributed by atoms with van der Waals surface area (Å²) in [5, 5.41) is 2.20. The van der Waals surface area contributed by atoms with Crippen LogP contribution in [0, 0.1) is 6.92 Å². The number of Topliss-reactive ketones (excluding diaryl/α,β-unsaturated/α-hetero) is 2. The summed E-state index contributed by atoms with van der Waals surface area (Å²) in [5.41, 5.74) is 6.71. The van der Waals surface area contributed by atoms with Crippen LogP contribution in [0.25, 0.3) is 12.2 Å². The molecular weight excluding hydrogens is 438 g/mol. The minimum atomic E-state index is -0.198. The number of thiophene rings is 1. The molecule has 0 bridgehead atoms. The number of anilines is 1. The molecule has 0 spiro atoms. The summed E-state index contributed by atoms with van der Waals surface area (Å²) in [4.78, 5) is 29.9. The predicted molar refractivity (Wildman–Crippen MR) is 142 cm³/mol. The first-order valence-corrected chi connectivity index (χ1v) is 12.5. The summed E-state index contributed by atoms with van der Waals surface area (Å²) in [7, 11) is 0. The van der Waals surface area contributed by atoms with E-state index < -0.39 is 0 Å². The third kappa shape index (κ3) is 3.50. The number of carbonyl (C=O) groups is 2. The fraction of sp³-hybridized carbons (Fsp3) is 0.200. The smallest absolute Gasteiger partial charge is 0.197 e. The van der Waals surface area contributed by atoms with Crippen LogP contribution < -0.4 is 4.90 Å². The second kappa shape index (κ2) is 8.37. The third-order valence-electron chi connectivity index (χ3n) is 6.82. The topological polar surface area (TPSA) is 37.4 Å². The van der Waals surface area contributed by atoms with Crippen LogP contribution in [0.2, 0.25) is 0 Å². The quantitative estimate of drug-likeness (QED) is 0.232. The highest BCUT2D eigenvalue weighted by Gasteiger charge is 2.41. The lowest BCUT2D eigenvalue weighted by Crippen LogP contribution is -2.26. The highest BCUT2D eigenvalue weighted by molar-refractivity contribution is 7.10. The van der Waals surface area contributed by atoms with Crippen molar-refractivity contribution in [3.05, 3.63) is 110 Å². The first-order chi connectivity index (χ1) is 16.3. The lowest BCUT2D eigenvalue weighted by atomic mass is 9.83. The van der Waals surface area contributed by atoms with Gasteiger partial charge in [-0.25, -0.2) is 0 Å². The van der Waals surface area contributed by atoms with Crippen LogP contribution in [0.1, 0.15) is 63.1 Å². The number of rotatable bonds is 4. The molecule has 0 radical (unpaired) electrons. The van der Waals surface area contributed by atoms with Gasteiger partial charge in [-0.1, -0.05) is 62.4 Å². The van der Waals surface area contributed by atoms with Crippen molar-refractivity contribution in [3.8, 4) is 0 Å². The average Bonchev–Trinajstić information content (AvgIpc) is 3.41. The fourth-order valence-corrected chi connectivity index (χ4v) is 6.16. The van der Waals surface area contributed by atoms with Crippen molar-refractivity contribution in [2.75, 3.05) is 11.4 Å². The van der Waals surface area contributed by atoms with Crippen LogP contribution in [-0.4, -0.2) is 18.1 Å². The number of likely N-dealkylation sites (N-methyl/N-ethyl adjacent to an activating group) is 1. The van der Waals surface area contributed by atoms with Gasteiger partial charge in [-0.15, -0.1) is 11.3 Å². The Morgan fingerprint density at radius 3 is 2.35 bits per heavy atom. The molecule has 170 valence electrons. The first-order valence-electron chi connectivity index (χ1n) is 11.6. The lowest BCUT2D eigenvalue weighted by Gasteiger charge is -2.26. The molecule has 0 saturated heterocycles. The maximum Gasteiger partial charge on any atom is 0.197 e. The van der Waals surface area contributed by atoms with Crippen molar-refractivity contribution in [2.24, 2.45) is 0 Å². The molecule has 2 aromatic carbocycles. The summed E-state index contributed by atoms with van der Waals surface area (Å²) >= 11 is 1.77. The molecule has 0 saturated carbocycles. The number of allylic oxidation sites excluding steroid dienone is 4.